The number of aromatic carboxylic acids is 1. The second-order valence-corrected chi connectivity index (χ2v) is 11.7. The van der Waals surface area contributed by atoms with Crippen molar-refractivity contribution < 1.29 is 9.90 Å². The van der Waals surface area contributed by atoms with Crippen LogP contribution in [-0.4, -0.2) is 21.9 Å². The Labute approximate surface area is 229 Å². The first-order valence-corrected chi connectivity index (χ1v) is 14.1. The van der Waals surface area contributed by atoms with E-state index in [-0.39, 0.29) is 5.41 Å². The fraction of sp³-hybridized carbons (Fsp3) is 0.206. The Morgan fingerprint density at radius 3 is 2.11 bits per heavy atom. The summed E-state index contributed by atoms with van der Waals surface area (Å²) in [5.41, 5.74) is 8.72. The van der Waals surface area contributed by atoms with Gasteiger partial charge in [0.15, 0.2) is 0 Å². The third kappa shape index (κ3) is 4.89. The number of aromatic nitrogens is 1. The van der Waals surface area contributed by atoms with E-state index in [2.05, 4.69) is 101 Å². The molecule has 4 aromatic carbocycles. The quantitative estimate of drug-likeness (QED) is 0.228. The van der Waals surface area contributed by atoms with Gasteiger partial charge in [0.1, 0.15) is 5.69 Å². The number of fused-ring (bicyclic) bond motifs is 1. The number of carboxylic acid groups (broad SMARTS) is 1. The number of carbonyl (C=O) groups is 1. The molecular weight excluding hydrogens is 486 g/mol. The highest BCUT2D eigenvalue weighted by atomic mass is 32.2. The van der Waals surface area contributed by atoms with Crippen molar-refractivity contribution in [3.05, 3.63) is 113 Å². The Morgan fingerprint density at radius 1 is 0.842 bits per heavy atom. The van der Waals surface area contributed by atoms with Crippen LogP contribution in [0.5, 0.6) is 0 Å². The summed E-state index contributed by atoms with van der Waals surface area (Å²) in [7, 11) is 0. The Balaban J connectivity index is 1.64. The second-order valence-electron chi connectivity index (χ2n) is 10.8. The first-order chi connectivity index (χ1) is 18.2. The molecule has 0 atom stereocenters. The van der Waals surface area contributed by atoms with Gasteiger partial charge in [0.05, 0.1) is 0 Å². The number of aryl methyl sites for hydroxylation is 1. The largest absolute Gasteiger partial charge is 0.477 e. The summed E-state index contributed by atoms with van der Waals surface area (Å²) in [4.78, 5) is 14.0. The summed E-state index contributed by atoms with van der Waals surface area (Å²) in [5, 5.41) is 11.5. The van der Waals surface area contributed by atoms with Gasteiger partial charge in [-0.1, -0.05) is 87.5 Å². The number of para-hydroxylation sites is 1. The summed E-state index contributed by atoms with van der Waals surface area (Å²) < 4.78 is 1.97. The summed E-state index contributed by atoms with van der Waals surface area (Å²) in [6, 6.07) is 31.4. The summed E-state index contributed by atoms with van der Waals surface area (Å²) in [6.07, 6.45) is 2.08. The van der Waals surface area contributed by atoms with Gasteiger partial charge in [-0.3, -0.25) is 0 Å². The lowest BCUT2D eigenvalue weighted by atomic mass is 9.86. The zero-order valence-corrected chi connectivity index (χ0v) is 23.4. The molecule has 0 saturated heterocycles. The van der Waals surface area contributed by atoms with Crippen LogP contribution in [0.15, 0.2) is 95.9 Å². The van der Waals surface area contributed by atoms with Crippen molar-refractivity contribution in [3.63, 3.8) is 0 Å². The van der Waals surface area contributed by atoms with E-state index in [1.54, 1.807) is 11.8 Å². The molecule has 192 valence electrons. The smallest absolute Gasteiger partial charge is 0.353 e. The number of carboxylic acids is 1. The minimum Gasteiger partial charge on any atom is -0.477 e. The molecule has 1 heterocycles. The second kappa shape index (κ2) is 10.2. The maximum atomic E-state index is 12.8. The van der Waals surface area contributed by atoms with E-state index in [0.29, 0.717) is 12.2 Å². The predicted molar refractivity (Wildman–Crippen MR) is 161 cm³/mol. The van der Waals surface area contributed by atoms with Crippen molar-refractivity contribution >= 4 is 28.6 Å². The third-order valence-corrected chi connectivity index (χ3v) is 8.06. The van der Waals surface area contributed by atoms with Crippen LogP contribution in [0.2, 0.25) is 0 Å². The minimum atomic E-state index is -0.919. The van der Waals surface area contributed by atoms with Crippen LogP contribution in [0.3, 0.4) is 0 Å². The minimum absolute atomic E-state index is 0.0282. The molecule has 0 unspecified atom stereocenters. The first-order valence-electron chi connectivity index (χ1n) is 12.9. The molecule has 0 amide bonds. The molecule has 0 aliphatic carbocycles. The highest BCUT2D eigenvalue weighted by Crippen LogP contribution is 2.37. The number of hydrogen-bond donors (Lipinski definition) is 1. The molecular formula is C34H33NO2S. The molecule has 1 aromatic heterocycles. The molecule has 0 radical (unpaired) electrons. The Morgan fingerprint density at radius 2 is 1.47 bits per heavy atom. The van der Waals surface area contributed by atoms with Crippen LogP contribution in [0, 0.1) is 6.92 Å². The van der Waals surface area contributed by atoms with E-state index in [1.165, 1.54) is 10.5 Å². The van der Waals surface area contributed by atoms with E-state index < -0.39 is 5.97 Å². The lowest BCUT2D eigenvalue weighted by Crippen LogP contribution is -2.12. The Kier molecular flexibility index (Phi) is 6.93. The molecule has 1 N–H and O–H groups in total. The molecule has 5 aromatic rings. The highest BCUT2D eigenvalue weighted by Gasteiger charge is 2.24. The Bertz CT molecular complexity index is 1620. The van der Waals surface area contributed by atoms with Crippen LogP contribution < -0.4 is 0 Å². The van der Waals surface area contributed by atoms with Gasteiger partial charge in [-0.25, -0.2) is 4.79 Å². The third-order valence-electron chi connectivity index (χ3n) is 7.31. The van der Waals surface area contributed by atoms with Crippen LogP contribution in [0.1, 0.15) is 48.0 Å². The molecule has 0 aliphatic rings. The molecule has 5 rings (SSSR count). The standard InChI is InChI=1S/C34H33NO2S/c1-22-10-11-25(23-14-18-28(38-5)19-15-23)20-26(22)21-35-30-9-7-6-8-29(30)31(32(35)33(36)37)24-12-16-27(17-13-24)34(2,3)4/h6-20H,21H2,1-5H3,(H,36,37). The molecule has 0 spiro atoms. The van der Waals surface area contributed by atoms with Gasteiger partial charge in [-0.15, -0.1) is 11.8 Å². The monoisotopic (exact) mass is 519 g/mol. The average molecular weight is 520 g/mol. The van der Waals surface area contributed by atoms with Gasteiger partial charge in [0, 0.05) is 27.9 Å². The molecule has 0 saturated carbocycles. The summed E-state index contributed by atoms with van der Waals surface area (Å²) in [5.74, 6) is -0.919. The molecule has 0 aliphatic heterocycles. The van der Waals surface area contributed by atoms with Crippen molar-refractivity contribution in [1.82, 2.24) is 4.57 Å². The van der Waals surface area contributed by atoms with Crippen LogP contribution in [0.4, 0.5) is 0 Å². The molecule has 3 nitrogen and oxygen atoms in total. The van der Waals surface area contributed by atoms with Crippen molar-refractivity contribution in [2.75, 3.05) is 6.26 Å². The van der Waals surface area contributed by atoms with Gasteiger partial charge < -0.3 is 9.67 Å². The number of thioether (sulfide) groups is 1. The van der Waals surface area contributed by atoms with Gasteiger partial charge in [-0.2, -0.15) is 0 Å². The van der Waals surface area contributed by atoms with Crippen molar-refractivity contribution in [2.45, 2.75) is 44.6 Å². The normalized spacial score (nSPS) is 11.7. The first kappa shape index (κ1) is 25.9. The van der Waals surface area contributed by atoms with Crippen molar-refractivity contribution in [2.24, 2.45) is 0 Å². The van der Waals surface area contributed by atoms with E-state index in [4.69, 9.17) is 0 Å². The van der Waals surface area contributed by atoms with E-state index >= 15 is 0 Å². The zero-order chi connectivity index (χ0) is 27.0. The van der Waals surface area contributed by atoms with Crippen LogP contribution in [-0.2, 0) is 12.0 Å². The lowest BCUT2D eigenvalue weighted by molar-refractivity contribution is 0.0687. The van der Waals surface area contributed by atoms with E-state index in [9.17, 15) is 9.90 Å². The zero-order valence-electron chi connectivity index (χ0n) is 22.6. The number of nitrogens with zero attached hydrogens (tertiary/aromatic N) is 1. The maximum Gasteiger partial charge on any atom is 0.353 e. The van der Waals surface area contributed by atoms with Crippen molar-refractivity contribution in [3.8, 4) is 22.3 Å². The van der Waals surface area contributed by atoms with E-state index in [0.717, 1.165) is 44.3 Å². The maximum absolute atomic E-state index is 12.8. The fourth-order valence-corrected chi connectivity index (χ4v) is 5.50. The van der Waals surface area contributed by atoms with Gasteiger partial charge in [0.2, 0.25) is 0 Å². The fourth-order valence-electron chi connectivity index (χ4n) is 5.09. The number of hydrogen-bond acceptors (Lipinski definition) is 2. The molecule has 0 bridgehead atoms. The predicted octanol–water partition coefficient (Wildman–Crippen LogP) is 9.05. The molecule has 0 fully saturated rings. The van der Waals surface area contributed by atoms with Gasteiger partial charge in [-0.05, 0) is 76.2 Å². The number of rotatable bonds is 6. The molecule has 4 heteroatoms. The topological polar surface area (TPSA) is 42.2 Å². The number of benzene rings is 4. The van der Waals surface area contributed by atoms with Crippen LogP contribution >= 0.6 is 11.8 Å². The Hall–Kier alpha value is -3.76. The SMILES string of the molecule is CSc1ccc(-c2ccc(C)c(Cn3c(C(=O)O)c(-c4ccc(C(C)(C)C)cc4)c4ccccc43)c2)cc1. The summed E-state index contributed by atoms with van der Waals surface area (Å²) >= 11 is 1.73. The summed E-state index contributed by atoms with van der Waals surface area (Å²) in [6.45, 7) is 9.12. The van der Waals surface area contributed by atoms with Crippen LogP contribution in [0.25, 0.3) is 33.2 Å². The van der Waals surface area contributed by atoms with Crippen molar-refractivity contribution in [1.29, 1.82) is 0 Å². The lowest BCUT2D eigenvalue weighted by Gasteiger charge is -2.19. The van der Waals surface area contributed by atoms with Gasteiger partial charge >= 0.3 is 5.97 Å². The van der Waals surface area contributed by atoms with Gasteiger partial charge in [0.25, 0.3) is 0 Å². The van der Waals surface area contributed by atoms with E-state index in [1.807, 2.05) is 28.8 Å². The average Bonchev–Trinajstić information content (AvgIpc) is 3.24. The molecule has 38 heavy (non-hydrogen) atoms. The highest BCUT2D eigenvalue weighted by molar-refractivity contribution is 7.98.